The molecule has 0 radical (unpaired) electrons. The average Bonchev–Trinajstić information content (AvgIpc) is 2.26. The van der Waals surface area contributed by atoms with Crippen molar-refractivity contribution < 1.29 is 4.74 Å². The van der Waals surface area contributed by atoms with Gasteiger partial charge in [0.2, 0.25) is 0 Å². The van der Waals surface area contributed by atoms with Crippen LogP contribution in [0.4, 0.5) is 5.69 Å². The number of hydrogen-bond acceptors (Lipinski definition) is 3. The largest absolute Gasteiger partial charge is 0.389 e. The van der Waals surface area contributed by atoms with E-state index in [0.29, 0.717) is 16.6 Å². The fourth-order valence-electron chi connectivity index (χ4n) is 1.15. The summed E-state index contributed by atoms with van der Waals surface area (Å²) in [5.74, 6) is 0. The van der Waals surface area contributed by atoms with Gasteiger partial charge in [0, 0.05) is 19.2 Å². The van der Waals surface area contributed by atoms with Gasteiger partial charge >= 0.3 is 0 Å². The highest BCUT2D eigenvalue weighted by Crippen LogP contribution is 2.23. The van der Waals surface area contributed by atoms with Gasteiger partial charge in [-0.1, -0.05) is 23.8 Å². The zero-order valence-electron chi connectivity index (χ0n) is 9.29. The van der Waals surface area contributed by atoms with Gasteiger partial charge in [0.15, 0.2) is 0 Å². The third-order valence-corrected chi connectivity index (χ3v) is 2.78. The molecule has 5 heteroatoms. The number of rotatable bonds is 5. The molecule has 16 heavy (non-hydrogen) atoms. The van der Waals surface area contributed by atoms with Gasteiger partial charge in [-0.2, -0.15) is 0 Å². The van der Waals surface area contributed by atoms with E-state index in [-0.39, 0.29) is 6.10 Å². The monoisotopic (exact) mass is 258 g/mol. The molecule has 1 unspecified atom stereocenters. The van der Waals surface area contributed by atoms with Crippen LogP contribution in [0.1, 0.15) is 12.5 Å². The lowest BCUT2D eigenvalue weighted by Gasteiger charge is -2.13. The molecule has 1 aromatic carbocycles. The Kier molecular flexibility index (Phi) is 4.99. The molecule has 0 spiro atoms. The lowest BCUT2D eigenvalue weighted by atomic mass is 10.2. The van der Waals surface area contributed by atoms with Crippen molar-refractivity contribution >= 4 is 34.5 Å². The standard InChI is InChI=1S/C11H15ClN2OS/c1-7(15-2)6-14-10-4-3-8(11(13)16)5-9(10)12/h3-5,7,14H,6H2,1-2H3,(H2,13,16). The highest BCUT2D eigenvalue weighted by atomic mass is 35.5. The third kappa shape index (κ3) is 3.63. The van der Waals surface area contributed by atoms with Crippen molar-refractivity contribution in [3.8, 4) is 0 Å². The zero-order chi connectivity index (χ0) is 12.1. The number of methoxy groups -OCH3 is 1. The van der Waals surface area contributed by atoms with Crippen LogP contribution in [0.25, 0.3) is 0 Å². The molecule has 3 nitrogen and oxygen atoms in total. The SMILES string of the molecule is COC(C)CNc1ccc(C(N)=S)cc1Cl. The Morgan fingerprint density at radius 1 is 1.62 bits per heavy atom. The molecule has 1 aromatic rings. The van der Waals surface area contributed by atoms with Gasteiger partial charge < -0.3 is 15.8 Å². The van der Waals surface area contributed by atoms with Crippen molar-refractivity contribution in [2.75, 3.05) is 19.0 Å². The average molecular weight is 259 g/mol. The number of benzene rings is 1. The fourth-order valence-corrected chi connectivity index (χ4v) is 1.52. The Hall–Kier alpha value is -0.840. The molecule has 0 fully saturated rings. The van der Waals surface area contributed by atoms with Crippen LogP contribution in [0.5, 0.6) is 0 Å². The van der Waals surface area contributed by atoms with Crippen LogP contribution >= 0.6 is 23.8 Å². The third-order valence-electron chi connectivity index (χ3n) is 2.24. The molecule has 1 rings (SSSR count). The maximum atomic E-state index is 6.08. The quantitative estimate of drug-likeness (QED) is 0.797. The van der Waals surface area contributed by atoms with E-state index in [1.54, 1.807) is 13.2 Å². The van der Waals surface area contributed by atoms with Gasteiger partial charge in [-0.3, -0.25) is 0 Å². The Labute approximate surface area is 106 Å². The van der Waals surface area contributed by atoms with E-state index in [4.69, 9.17) is 34.3 Å². The summed E-state index contributed by atoms with van der Waals surface area (Å²) in [7, 11) is 1.67. The Balaban J connectivity index is 2.72. The van der Waals surface area contributed by atoms with Gasteiger partial charge in [-0.05, 0) is 25.1 Å². The number of halogens is 1. The molecule has 3 N–H and O–H groups in total. The smallest absolute Gasteiger partial charge is 0.104 e. The summed E-state index contributed by atoms with van der Waals surface area (Å²) in [6, 6.07) is 5.46. The number of anilines is 1. The summed E-state index contributed by atoms with van der Waals surface area (Å²) in [5.41, 5.74) is 7.13. The van der Waals surface area contributed by atoms with E-state index < -0.39 is 0 Å². The lowest BCUT2D eigenvalue weighted by Crippen LogP contribution is -2.18. The first kappa shape index (κ1) is 13.2. The van der Waals surface area contributed by atoms with E-state index in [1.165, 1.54) is 0 Å². The summed E-state index contributed by atoms with van der Waals surface area (Å²) < 4.78 is 5.13. The summed E-state index contributed by atoms with van der Waals surface area (Å²) in [6.07, 6.45) is 0.131. The molecule has 0 aliphatic carbocycles. The van der Waals surface area contributed by atoms with Crippen LogP contribution in [-0.4, -0.2) is 24.7 Å². The molecule has 0 bridgehead atoms. The number of hydrogen-bond donors (Lipinski definition) is 2. The van der Waals surface area contributed by atoms with Crippen molar-refractivity contribution in [2.24, 2.45) is 5.73 Å². The number of ether oxygens (including phenoxy) is 1. The highest BCUT2D eigenvalue weighted by molar-refractivity contribution is 7.80. The molecular formula is C11H15ClN2OS. The van der Waals surface area contributed by atoms with Gasteiger partial charge in [-0.15, -0.1) is 0 Å². The predicted octanol–water partition coefficient (Wildman–Crippen LogP) is 2.42. The van der Waals surface area contributed by atoms with Gasteiger partial charge in [-0.25, -0.2) is 0 Å². The first-order chi connectivity index (χ1) is 7.54. The minimum absolute atomic E-state index is 0.131. The van der Waals surface area contributed by atoms with E-state index >= 15 is 0 Å². The Bertz CT molecular complexity index is 384. The molecule has 0 amide bonds. The number of nitrogens with two attached hydrogens (primary N) is 1. The van der Waals surface area contributed by atoms with Crippen molar-refractivity contribution in [2.45, 2.75) is 13.0 Å². The van der Waals surface area contributed by atoms with Crippen LogP contribution in [0, 0.1) is 0 Å². The topological polar surface area (TPSA) is 47.3 Å². The van der Waals surface area contributed by atoms with Crippen LogP contribution < -0.4 is 11.1 Å². The molecule has 0 aliphatic rings. The maximum absolute atomic E-state index is 6.08. The first-order valence-corrected chi connectivity index (χ1v) is 5.69. The van der Waals surface area contributed by atoms with E-state index in [9.17, 15) is 0 Å². The molecular weight excluding hydrogens is 244 g/mol. The van der Waals surface area contributed by atoms with Crippen molar-refractivity contribution in [1.29, 1.82) is 0 Å². The second kappa shape index (κ2) is 6.03. The summed E-state index contributed by atoms with van der Waals surface area (Å²) in [4.78, 5) is 0.346. The van der Waals surface area contributed by atoms with Crippen molar-refractivity contribution in [3.63, 3.8) is 0 Å². The predicted molar refractivity (Wildman–Crippen MR) is 72.3 cm³/mol. The zero-order valence-corrected chi connectivity index (χ0v) is 10.9. The molecule has 0 saturated carbocycles. The van der Waals surface area contributed by atoms with Crippen molar-refractivity contribution in [1.82, 2.24) is 0 Å². The Morgan fingerprint density at radius 3 is 2.81 bits per heavy atom. The molecule has 0 saturated heterocycles. The van der Waals surface area contributed by atoms with Crippen LogP contribution in [0.2, 0.25) is 5.02 Å². The van der Waals surface area contributed by atoms with Gasteiger partial charge in [0.25, 0.3) is 0 Å². The minimum Gasteiger partial charge on any atom is -0.389 e. The molecule has 88 valence electrons. The fraction of sp³-hybridized carbons (Fsp3) is 0.364. The minimum atomic E-state index is 0.131. The first-order valence-electron chi connectivity index (χ1n) is 4.90. The van der Waals surface area contributed by atoms with E-state index in [0.717, 1.165) is 11.3 Å². The molecule has 0 aromatic heterocycles. The number of thiocarbonyl (C=S) groups is 1. The molecule has 0 heterocycles. The van der Waals surface area contributed by atoms with Crippen molar-refractivity contribution in [3.05, 3.63) is 28.8 Å². The summed E-state index contributed by atoms with van der Waals surface area (Å²) in [6.45, 7) is 2.67. The summed E-state index contributed by atoms with van der Waals surface area (Å²) >= 11 is 11.0. The molecule has 1 atom stereocenters. The summed E-state index contributed by atoms with van der Waals surface area (Å²) in [5, 5.41) is 3.79. The normalized spacial score (nSPS) is 12.2. The van der Waals surface area contributed by atoms with E-state index in [2.05, 4.69) is 5.32 Å². The second-order valence-electron chi connectivity index (χ2n) is 3.49. The van der Waals surface area contributed by atoms with Crippen LogP contribution in [0.3, 0.4) is 0 Å². The second-order valence-corrected chi connectivity index (χ2v) is 4.33. The lowest BCUT2D eigenvalue weighted by molar-refractivity contribution is 0.129. The van der Waals surface area contributed by atoms with Gasteiger partial charge in [0.05, 0.1) is 16.8 Å². The van der Waals surface area contributed by atoms with Gasteiger partial charge in [0.1, 0.15) is 4.99 Å². The van der Waals surface area contributed by atoms with Crippen LogP contribution in [0.15, 0.2) is 18.2 Å². The Morgan fingerprint density at radius 2 is 2.31 bits per heavy atom. The maximum Gasteiger partial charge on any atom is 0.104 e. The highest BCUT2D eigenvalue weighted by Gasteiger charge is 2.05. The number of nitrogens with one attached hydrogen (secondary N) is 1. The van der Waals surface area contributed by atoms with Crippen LogP contribution in [-0.2, 0) is 4.74 Å². The molecule has 0 aliphatic heterocycles. The van der Waals surface area contributed by atoms with E-state index in [1.807, 2.05) is 19.1 Å².